The Bertz CT molecular complexity index is 1650. The smallest absolute Gasteiger partial charge is 0.185 e. The van der Waals surface area contributed by atoms with E-state index < -0.39 is 23.9 Å². The molecule has 0 aliphatic heterocycles. The van der Waals surface area contributed by atoms with Crippen molar-refractivity contribution in [1.82, 2.24) is 0 Å². The van der Waals surface area contributed by atoms with Gasteiger partial charge in [-0.3, -0.25) is 19.2 Å². The summed E-state index contributed by atoms with van der Waals surface area (Å²) in [5.74, 6) is -6.86. The van der Waals surface area contributed by atoms with Crippen molar-refractivity contribution in [1.29, 1.82) is 0 Å². The minimum absolute atomic E-state index is 0. The SMILES string of the molecule is O=C([O-])/C=C/C(=O)c1ccccc1.O=C([O-])/C=C/C(=O)c1ccccc1.O=C([O-])/C=C/C(=O)c1ccccc1.O=C([O-])/C=C/C(=O)c1ccccc1.[Pb]. The molecule has 4 aromatic rings. The van der Waals surface area contributed by atoms with Gasteiger partial charge in [0.2, 0.25) is 0 Å². The molecule has 53 heavy (non-hydrogen) atoms. The first-order valence-corrected chi connectivity index (χ1v) is 14.7. The predicted octanol–water partition coefficient (Wildman–Crippen LogP) is 0.321. The number of rotatable bonds is 12. The minimum Gasteiger partial charge on any atom is -0.545 e. The van der Waals surface area contributed by atoms with Gasteiger partial charge in [-0.15, -0.1) is 0 Å². The van der Waals surface area contributed by atoms with E-state index in [2.05, 4.69) is 0 Å². The van der Waals surface area contributed by atoms with Gasteiger partial charge < -0.3 is 39.6 Å². The number of carboxylic acid groups (broad SMARTS) is 4. The van der Waals surface area contributed by atoms with E-state index >= 15 is 0 Å². The van der Waals surface area contributed by atoms with Gasteiger partial charge in [-0.1, -0.05) is 121 Å². The summed E-state index contributed by atoms with van der Waals surface area (Å²) in [5.41, 5.74) is 1.83. The second-order valence-corrected chi connectivity index (χ2v) is 9.53. The third-order valence-electron chi connectivity index (χ3n) is 5.72. The van der Waals surface area contributed by atoms with Crippen molar-refractivity contribution in [3.8, 4) is 0 Å². The van der Waals surface area contributed by atoms with Crippen molar-refractivity contribution >= 4 is 74.3 Å². The van der Waals surface area contributed by atoms with Crippen LogP contribution in [0.5, 0.6) is 0 Å². The Morgan fingerprint density at radius 1 is 0.283 bits per heavy atom. The monoisotopic (exact) mass is 908 g/mol. The molecule has 0 aliphatic carbocycles. The molecule has 0 aromatic heterocycles. The molecule has 13 heteroatoms. The zero-order chi connectivity index (χ0) is 38.7. The van der Waals surface area contributed by atoms with E-state index in [4.69, 9.17) is 0 Å². The molecule has 4 radical (unpaired) electrons. The molecule has 0 unspecified atom stereocenters. The summed E-state index contributed by atoms with van der Waals surface area (Å²) in [6, 6.07) is 33.7. The molecule has 0 saturated heterocycles. The Morgan fingerprint density at radius 3 is 0.566 bits per heavy atom. The summed E-state index contributed by atoms with van der Waals surface area (Å²) in [6.45, 7) is 0. The number of hydrogen-bond donors (Lipinski definition) is 0. The standard InChI is InChI=1S/4C10H8O3.Pb/c4*11-9(6-7-10(12)13)8-4-2-1-3-5-8;/h4*1-7H,(H,12,13);/p-4/b4*7-6+;. The summed E-state index contributed by atoms with van der Waals surface area (Å²) in [4.78, 5) is 84.6. The van der Waals surface area contributed by atoms with Gasteiger partial charge >= 0.3 is 0 Å². The molecule has 4 rings (SSSR count). The van der Waals surface area contributed by atoms with Crippen molar-refractivity contribution in [2.24, 2.45) is 0 Å². The van der Waals surface area contributed by atoms with E-state index in [-0.39, 0.29) is 50.4 Å². The van der Waals surface area contributed by atoms with Crippen LogP contribution < -0.4 is 20.4 Å². The molecule has 0 amide bonds. The molecule has 12 nitrogen and oxygen atoms in total. The average Bonchev–Trinajstić information content (AvgIpc) is 3.16. The Kier molecular flexibility index (Phi) is 23.7. The number of carbonyl (C=O) groups is 8. The normalized spacial score (nSPS) is 9.96. The largest absolute Gasteiger partial charge is 0.545 e. The van der Waals surface area contributed by atoms with Crippen LogP contribution in [0, 0.1) is 0 Å². The first kappa shape index (κ1) is 46.3. The van der Waals surface area contributed by atoms with Gasteiger partial charge in [0.25, 0.3) is 0 Å². The van der Waals surface area contributed by atoms with Crippen LogP contribution in [-0.4, -0.2) is 74.3 Å². The van der Waals surface area contributed by atoms with Crippen LogP contribution in [0.15, 0.2) is 170 Å². The number of benzene rings is 4. The van der Waals surface area contributed by atoms with Crippen molar-refractivity contribution in [3.63, 3.8) is 0 Å². The molecule has 0 atom stereocenters. The second-order valence-electron chi connectivity index (χ2n) is 9.53. The number of ketones is 4. The van der Waals surface area contributed by atoms with Gasteiger partial charge in [0.1, 0.15) is 0 Å². The van der Waals surface area contributed by atoms with E-state index in [1.165, 1.54) is 0 Å². The Balaban J connectivity index is 0.000000676. The fourth-order valence-corrected chi connectivity index (χ4v) is 3.37. The summed E-state index contributed by atoms with van der Waals surface area (Å²) in [6.07, 6.45) is 6.78. The second kappa shape index (κ2) is 27.1. The van der Waals surface area contributed by atoms with E-state index in [1.54, 1.807) is 121 Å². The first-order valence-electron chi connectivity index (χ1n) is 14.7. The van der Waals surface area contributed by atoms with Gasteiger partial charge in [-0.05, 0) is 48.6 Å². The van der Waals surface area contributed by atoms with Crippen LogP contribution >= 0.6 is 0 Å². The number of aliphatic carboxylic acids is 4. The molecule has 0 fully saturated rings. The maximum Gasteiger partial charge on any atom is 0.185 e. The summed E-state index contributed by atoms with van der Waals surface area (Å²) in [5, 5.41) is 39.9. The van der Waals surface area contributed by atoms with Crippen LogP contribution in [0.3, 0.4) is 0 Å². The minimum atomic E-state index is -1.37. The maximum absolute atomic E-state index is 11.2. The van der Waals surface area contributed by atoms with Crippen molar-refractivity contribution in [2.75, 3.05) is 0 Å². The molecule has 4 aromatic carbocycles. The van der Waals surface area contributed by atoms with E-state index in [0.29, 0.717) is 22.3 Å². The molecular weight excluding hydrogens is 880 g/mol. The maximum atomic E-state index is 11.2. The van der Waals surface area contributed by atoms with Crippen LogP contribution in [0.1, 0.15) is 41.4 Å². The molecule has 0 heterocycles. The van der Waals surface area contributed by atoms with Crippen molar-refractivity contribution in [3.05, 3.63) is 192 Å². The fraction of sp³-hybridized carbons (Fsp3) is 0. The van der Waals surface area contributed by atoms with Gasteiger partial charge in [-0.25, -0.2) is 0 Å². The Labute approximate surface area is 323 Å². The summed E-state index contributed by atoms with van der Waals surface area (Å²) in [7, 11) is 0. The van der Waals surface area contributed by atoms with Crippen LogP contribution in [0.4, 0.5) is 0 Å². The average molecular weight is 908 g/mol. The van der Waals surface area contributed by atoms with Crippen LogP contribution in [-0.2, 0) is 19.2 Å². The van der Waals surface area contributed by atoms with E-state index in [1.807, 2.05) is 0 Å². The van der Waals surface area contributed by atoms with Gasteiger partial charge in [0.05, 0.1) is 23.9 Å². The van der Waals surface area contributed by atoms with E-state index in [9.17, 15) is 58.8 Å². The molecule has 0 N–H and O–H groups in total. The fourth-order valence-electron chi connectivity index (χ4n) is 3.37. The van der Waals surface area contributed by atoms with Gasteiger partial charge in [-0.2, -0.15) is 0 Å². The molecular formula is C40H28O12Pb-4. The van der Waals surface area contributed by atoms with Crippen LogP contribution in [0.2, 0.25) is 0 Å². The van der Waals surface area contributed by atoms with Gasteiger partial charge in [0.15, 0.2) is 23.1 Å². The predicted molar refractivity (Wildman–Crippen MR) is 185 cm³/mol. The number of allylic oxidation sites excluding steroid dienone is 4. The first-order chi connectivity index (χ1) is 24.8. The zero-order valence-electron chi connectivity index (χ0n) is 27.6. The molecule has 0 spiro atoms. The van der Waals surface area contributed by atoms with Gasteiger partial charge in [0, 0.05) is 49.6 Å². The number of carbonyl (C=O) groups excluding carboxylic acids is 8. The third-order valence-corrected chi connectivity index (χ3v) is 5.72. The summed E-state index contributed by atoms with van der Waals surface area (Å²) < 4.78 is 0. The van der Waals surface area contributed by atoms with Crippen molar-refractivity contribution < 1.29 is 58.8 Å². The number of carboxylic acids is 4. The molecule has 0 aliphatic rings. The number of hydrogen-bond acceptors (Lipinski definition) is 12. The van der Waals surface area contributed by atoms with E-state index in [0.717, 1.165) is 48.6 Å². The topological polar surface area (TPSA) is 229 Å². The van der Waals surface area contributed by atoms with Crippen LogP contribution in [0.25, 0.3) is 0 Å². The van der Waals surface area contributed by atoms with Crippen molar-refractivity contribution in [2.45, 2.75) is 0 Å². The molecule has 268 valence electrons. The Hall–Kier alpha value is -6.68. The summed E-state index contributed by atoms with van der Waals surface area (Å²) >= 11 is 0. The third kappa shape index (κ3) is 22.6. The molecule has 0 bridgehead atoms. The quantitative estimate of drug-likeness (QED) is 0.106. The molecule has 0 saturated carbocycles. The Morgan fingerprint density at radius 2 is 0.434 bits per heavy atom. The zero-order valence-corrected chi connectivity index (χ0v) is 31.5.